The molecule has 0 spiro atoms. The molecule has 2 heterocycles. The van der Waals surface area contributed by atoms with Crippen molar-refractivity contribution in [3.63, 3.8) is 0 Å². The van der Waals surface area contributed by atoms with Crippen LogP contribution >= 0.6 is 11.3 Å². The molecule has 0 aliphatic carbocycles. The van der Waals surface area contributed by atoms with Gasteiger partial charge in [0.2, 0.25) is 5.91 Å². The molecule has 1 aromatic heterocycles. The van der Waals surface area contributed by atoms with Crippen molar-refractivity contribution in [2.45, 2.75) is 32.4 Å². The SMILES string of the molecule is CC1CC(C(=O)O)CCN1CC(=O)N(C)Cc1ccsc1. The lowest BCUT2D eigenvalue weighted by Gasteiger charge is -2.36. The molecule has 1 saturated heterocycles. The van der Waals surface area contributed by atoms with Crippen LogP contribution in [-0.2, 0) is 16.1 Å². The molecule has 0 saturated carbocycles. The third-order valence-corrected chi connectivity index (χ3v) is 4.86. The Morgan fingerprint density at radius 1 is 1.52 bits per heavy atom. The molecule has 0 aromatic carbocycles. The Morgan fingerprint density at radius 3 is 2.86 bits per heavy atom. The summed E-state index contributed by atoms with van der Waals surface area (Å²) in [6, 6.07) is 2.16. The van der Waals surface area contributed by atoms with Crippen LogP contribution in [0.3, 0.4) is 0 Å². The maximum absolute atomic E-state index is 12.3. The summed E-state index contributed by atoms with van der Waals surface area (Å²) in [5, 5.41) is 13.1. The normalized spacial score (nSPS) is 23.0. The molecule has 21 heavy (non-hydrogen) atoms. The first kappa shape index (κ1) is 16.0. The molecule has 1 amide bonds. The molecule has 116 valence electrons. The lowest BCUT2D eigenvalue weighted by atomic mass is 9.92. The van der Waals surface area contributed by atoms with E-state index >= 15 is 0 Å². The number of likely N-dealkylation sites (tertiary alicyclic amines) is 1. The van der Waals surface area contributed by atoms with Gasteiger partial charge in [0.15, 0.2) is 0 Å². The first-order valence-electron chi connectivity index (χ1n) is 7.19. The van der Waals surface area contributed by atoms with E-state index in [9.17, 15) is 9.59 Å². The number of likely N-dealkylation sites (N-methyl/N-ethyl adjacent to an activating group) is 1. The highest BCUT2D eigenvalue weighted by atomic mass is 32.1. The van der Waals surface area contributed by atoms with Crippen molar-refractivity contribution in [2.75, 3.05) is 20.1 Å². The summed E-state index contributed by atoms with van der Waals surface area (Å²) in [5.74, 6) is -0.904. The van der Waals surface area contributed by atoms with E-state index in [-0.39, 0.29) is 17.9 Å². The van der Waals surface area contributed by atoms with Crippen molar-refractivity contribution < 1.29 is 14.7 Å². The molecule has 6 heteroatoms. The van der Waals surface area contributed by atoms with Gasteiger partial charge >= 0.3 is 5.97 Å². The number of piperidine rings is 1. The lowest BCUT2D eigenvalue weighted by Crippen LogP contribution is -2.47. The number of carbonyl (C=O) groups is 2. The molecule has 1 aliphatic heterocycles. The van der Waals surface area contributed by atoms with Crippen molar-refractivity contribution in [2.24, 2.45) is 5.92 Å². The number of carboxylic acids is 1. The maximum atomic E-state index is 12.3. The zero-order valence-electron chi connectivity index (χ0n) is 12.5. The minimum absolute atomic E-state index is 0.0850. The number of hydrogen-bond donors (Lipinski definition) is 1. The van der Waals surface area contributed by atoms with Crippen molar-refractivity contribution >= 4 is 23.2 Å². The fourth-order valence-electron chi connectivity index (χ4n) is 2.72. The standard InChI is InChI=1S/C15H22N2O3S/c1-11-7-13(15(19)20)3-5-17(11)9-14(18)16(2)8-12-4-6-21-10-12/h4,6,10-11,13H,3,5,7-9H2,1-2H3,(H,19,20). The fourth-order valence-corrected chi connectivity index (χ4v) is 3.38. The Bertz CT molecular complexity index is 489. The molecule has 1 fully saturated rings. The first-order valence-corrected chi connectivity index (χ1v) is 8.13. The summed E-state index contributed by atoms with van der Waals surface area (Å²) in [7, 11) is 1.81. The number of thiophene rings is 1. The van der Waals surface area contributed by atoms with E-state index in [2.05, 4.69) is 4.90 Å². The zero-order chi connectivity index (χ0) is 15.4. The molecule has 5 nitrogen and oxygen atoms in total. The quantitative estimate of drug-likeness (QED) is 0.902. The second kappa shape index (κ2) is 7.04. The number of carbonyl (C=O) groups excluding carboxylic acids is 1. The van der Waals surface area contributed by atoms with Crippen LogP contribution in [0.25, 0.3) is 0 Å². The largest absolute Gasteiger partial charge is 0.481 e. The predicted molar refractivity (Wildman–Crippen MR) is 82.2 cm³/mol. The van der Waals surface area contributed by atoms with Crippen LogP contribution in [0.4, 0.5) is 0 Å². The molecule has 2 unspecified atom stereocenters. The minimum atomic E-state index is -0.720. The van der Waals surface area contributed by atoms with Gasteiger partial charge in [-0.3, -0.25) is 14.5 Å². The van der Waals surface area contributed by atoms with Gasteiger partial charge in [-0.05, 0) is 48.7 Å². The van der Waals surface area contributed by atoms with Crippen LogP contribution in [0, 0.1) is 5.92 Å². The molecule has 0 radical (unpaired) electrons. The Hall–Kier alpha value is -1.40. The van der Waals surface area contributed by atoms with Gasteiger partial charge in [-0.25, -0.2) is 0 Å². The van der Waals surface area contributed by atoms with Gasteiger partial charge in [-0.2, -0.15) is 11.3 Å². The van der Waals surface area contributed by atoms with E-state index in [1.54, 1.807) is 16.2 Å². The average Bonchev–Trinajstić information content (AvgIpc) is 2.93. The second-order valence-electron chi connectivity index (χ2n) is 5.76. The van der Waals surface area contributed by atoms with E-state index in [1.165, 1.54) is 0 Å². The summed E-state index contributed by atoms with van der Waals surface area (Å²) < 4.78 is 0. The minimum Gasteiger partial charge on any atom is -0.481 e. The predicted octanol–water partition coefficient (Wildman–Crippen LogP) is 1.89. The topological polar surface area (TPSA) is 60.9 Å². The van der Waals surface area contributed by atoms with Gasteiger partial charge in [0.1, 0.15) is 0 Å². The van der Waals surface area contributed by atoms with Crippen LogP contribution in [0.5, 0.6) is 0 Å². The van der Waals surface area contributed by atoms with Gasteiger partial charge in [0.05, 0.1) is 12.5 Å². The Kier molecular flexibility index (Phi) is 5.36. The molecule has 1 aromatic rings. The number of aliphatic carboxylic acids is 1. The number of hydrogen-bond acceptors (Lipinski definition) is 4. The van der Waals surface area contributed by atoms with E-state index < -0.39 is 5.97 Å². The van der Waals surface area contributed by atoms with Crippen LogP contribution in [0.1, 0.15) is 25.3 Å². The molecular formula is C15H22N2O3S. The number of amides is 1. The van der Waals surface area contributed by atoms with Gasteiger partial charge in [-0.15, -0.1) is 0 Å². The van der Waals surface area contributed by atoms with Crippen LogP contribution in [-0.4, -0.2) is 53.0 Å². The van der Waals surface area contributed by atoms with Crippen molar-refractivity contribution in [1.29, 1.82) is 0 Å². The van der Waals surface area contributed by atoms with Crippen molar-refractivity contribution in [3.05, 3.63) is 22.4 Å². The van der Waals surface area contributed by atoms with E-state index in [1.807, 2.05) is 30.8 Å². The van der Waals surface area contributed by atoms with E-state index in [0.29, 0.717) is 32.5 Å². The lowest BCUT2D eigenvalue weighted by molar-refractivity contribution is -0.144. The third-order valence-electron chi connectivity index (χ3n) is 4.13. The van der Waals surface area contributed by atoms with Crippen LogP contribution in [0.2, 0.25) is 0 Å². The number of rotatable bonds is 5. The Labute approximate surface area is 129 Å². The highest BCUT2D eigenvalue weighted by molar-refractivity contribution is 7.07. The maximum Gasteiger partial charge on any atom is 0.306 e. The van der Waals surface area contributed by atoms with Gasteiger partial charge in [0, 0.05) is 19.6 Å². The van der Waals surface area contributed by atoms with Crippen molar-refractivity contribution in [1.82, 2.24) is 9.80 Å². The van der Waals surface area contributed by atoms with Crippen molar-refractivity contribution in [3.8, 4) is 0 Å². The zero-order valence-corrected chi connectivity index (χ0v) is 13.3. The van der Waals surface area contributed by atoms with Crippen LogP contribution < -0.4 is 0 Å². The van der Waals surface area contributed by atoms with Gasteiger partial charge < -0.3 is 10.0 Å². The van der Waals surface area contributed by atoms with E-state index in [4.69, 9.17) is 5.11 Å². The number of nitrogens with zero attached hydrogens (tertiary/aromatic N) is 2. The highest BCUT2D eigenvalue weighted by Crippen LogP contribution is 2.23. The summed E-state index contributed by atoms with van der Waals surface area (Å²) >= 11 is 1.63. The second-order valence-corrected chi connectivity index (χ2v) is 6.54. The number of carboxylic acid groups (broad SMARTS) is 1. The summed E-state index contributed by atoms with van der Waals surface area (Å²) in [6.45, 7) is 3.67. The first-order chi connectivity index (χ1) is 9.97. The van der Waals surface area contributed by atoms with Crippen LogP contribution in [0.15, 0.2) is 16.8 Å². The fraction of sp³-hybridized carbons (Fsp3) is 0.600. The highest BCUT2D eigenvalue weighted by Gasteiger charge is 2.30. The average molecular weight is 310 g/mol. The molecule has 0 bridgehead atoms. The van der Waals surface area contributed by atoms with Gasteiger partial charge in [-0.1, -0.05) is 0 Å². The van der Waals surface area contributed by atoms with E-state index in [0.717, 1.165) is 5.56 Å². The summed E-state index contributed by atoms with van der Waals surface area (Å²) in [6.07, 6.45) is 1.25. The summed E-state index contributed by atoms with van der Waals surface area (Å²) in [5.41, 5.74) is 1.15. The Morgan fingerprint density at radius 2 is 2.29 bits per heavy atom. The molecule has 1 N–H and O–H groups in total. The van der Waals surface area contributed by atoms with Gasteiger partial charge in [0.25, 0.3) is 0 Å². The molecule has 1 aliphatic rings. The monoisotopic (exact) mass is 310 g/mol. The molecular weight excluding hydrogens is 288 g/mol. The Balaban J connectivity index is 1.83. The molecule has 2 rings (SSSR count). The smallest absolute Gasteiger partial charge is 0.306 e. The third kappa shape index (κ3) is 4.28. The summed E-state index contributed by atoms with van der Waals surface area (Å²) in [4.78, 5) is 27.1. The molecule has 2 atom stereocenters.